The molecular weight excluding hydrogens is 440 g/mol. The molecule has 8 heteroatoms. The second-order valence-corrected chi connectivity index (χ2v) is 9.25. The normalized spacial score (nSPS) is 17.5. The number of hydrogen-bond acceptors (Lipinski definition) is 3. The molecule has 2 aliphatic heterocycles. The van der Waals surface area contributed by atoms with Crippen LogP contribution in [-0.2, 0) is 16.1 Å². The number of halogens is 1. The van der Waals surface area contributed by atoms with E-state index in [1.807, 2.05) is 44.2 Å². The number of carbonyl (C=O) groups excluding carboxylic acids is 3. The fraction of sp³-hybridized carbons (Fsp3) is 0.400. The molecule has 0 spiro atoms. The van der Waals surface area contributed by atoms with Gasteiger partial charge in [0.25, 0.3) is 0 Å². The van der Waals surface area contributed by atoms with Crippen molar-refractivity contribution < 1.29 is 14.4 Å². The van der Waals surface area contributed by atoms with E-state index in [9.17, 15) is 14.4 Å². The third-order valence-electron chi connectivity index (χ3n) is 6.47. The van der Waals surface area contributed by atoms with Gasteiger partial charge in [0.15, 0.2) is 0 Å². The summed E-state index contributed by atoms with van der Waals surface area (Å²) in [6, 6.07) is 13.2. The van der Waals surface area contributed by atoms with Crippen LogP contribution in [0.1, 0.15) is 29.5 Å². The second kappa shape index (κ2) is 9.83. The number of amides is 4. The number of nitrogens with zero attached hydrogens (tertiary/aromatic N) is 3. The van der Waals surface area contributed by atoms with Crippen molar-refractivity contribution in [1.29, 1.82) is 0 Å². The lowest BCUT2D eigenvalue weighted by atomic mass is 10.0. The van der Waals surface area contributed by atoms with Crippen LogP contribution in [0.15, 0.2) is 42.5 Å². The number of nitrogens with one attached hydrogen (secondary N) is 1. The topological polar surface area (TPSA) is 73.0 Å². The number of benzene rings is 2. The number of rotatable bonds is 4. The molecule has 0 aromatic heterocycles. The van der Waals surface area contributed by atoms with Gasteiger partial charge in [0, 0.05) is 49.5 Å². The van der Waals surface area contributed by atoms with E-state index in [1.165, 1.54) is 0 Å². The van der Waals surface area contributed by atoms with Crippen LogP contribution in [0.2, 0.25) is 5.02 Å². The number of piperidine rings is 1. The predicted molar refractivity (Wildman–Crippen MR) is 128 cm³/mol. The monoisotopic (exact) mass is 468 g/mol. The van der Waals surface area contributed by atoms with E-state index in [-0.39, 0.29) is 12.1 Å². The minimum atomic E-state index is -0.446. The van der Waals surface area contributed by atoms with Gasteiger partial charge < -0.3 is 20.0 Å². The van der Waals surface area contributed by atoms with Crippen molar-refractivity contribution in [3.8, 4) is 0 Å². The predicted octanol–water partition coefficient (Wildman–Crippen LogP) is 3.82. The lowest BCUT2D eigenvalue weighted by molar-refractivity contribution is -0.158. The molecule has 2 fully saturated rings. The maximum absolute atomic E-state index is 12.8. The van der Waals surface area contributed by atoms with Crippen LogP contribution in [0.25, 0.3) is 0 Å². The molecule has 7 nitrogen and oxygen atoms in total. The van der Waals surface area contributed by atoms with Gasteiger partial charge in [-0.25, -0.2) is 4.79 Å². The van der Waals surface area contributed by atoms with Crippen LogP contribution < -0.4 is 5.32 Å². The zero-order valence-electron chi connectivity index (χ0n) is 19.0. The molecule has 1 N–H and O–H groups in total. The Hall–Kier alpha value is -3.06. The molecular formula is C25H29ClN4O3. The van der Waals surface area contributed by atoms with Gasteiger partial charge in [-0.05, 0) is 49.9 Å². The highest BCUT2D eigenvalue weighted by atomic mass is 35.5. The first kappa shape index (κ1) is 23.1. The van der Waals surface area contributed by atoms with Gasteiger partial charge in [0.2, 0.25) is 0 Å². The molecule has 174 valence electrons. The summed E-state index contributed by atoms with van der Waals surface area (Å²) >= 11 is 6.05. The first-order valence-electron chi connectivity index (χ1n) is 11.3. The molecule has 4 amide bonds. The number of anilines is 1. The van der Waals surface area contributed by atoms with Crippen LogP contribution in [0.4, 0.5) is 10.5 Å². The van der Waals surface area contributed by atoms with Crippen LogP contribution in [-0.4, -0.2) is 64.8 Å². The van der Waals surface area contributed by atoms with E-state index in [4.69, 9.17) is 11.6 Å². The maximum Gasteiger partial charge on any atom is 0.321 e. The lowest BCUT2D eigenvalue weighted by Gasteiger charge is -2.42. The Kier molecular flexibility index (Phi) is 6.88. The van der Waals surface area contributed by atoms with Crippen LogP contribution in [0.3, 0.4) is 0 Å². The number of carbonyl (C=O) groups is 3. The standard InChI is InChI=1S/C25H29ClN4O3/c1-17-3-6-19(7-4-17)16-29-13-14-30(24(32)23(29)31)21-9-11-28(12-10-21)25(33)27-22-15-20(26)8-5-18(22)2/h3-8,15,21H,9-14,16H2,1-2H3,(H,27,33). The molecule has 0 atom stereocenters. The molecule has 2 saturated heterocycles. The highest BCUT2D eigenvalue weighted by Crippen LogP contribution is 2.23. The number of likely N-dealkylation sites (tertiary alicyclic amines) is 1. The van der Waals surface area contributed by atoms with E-state index in [1.54, 1.807) is 26.8 Å². The van der Waals surface area contributed by atoms with Gasteiger partial charge in [0.1, 0.15) is 0 Å². The van der Waals surface area contributed by atoms with Gasteiger partial charge in [-0.3, -0.25) is 9.59 Å². The third-order valence-corrected chi connectivity index (χ3v) is 6.70. The van der Waals surface area contributed by atoms with Gasteiger partial charge in [-0.2, -0.15) is 0 Å². The van der Waals surface area contributed by atoms with Crippen LogP contribution in [0.5, 0.6) is 0 Å². The van der Waals surface area contributed by atoms with E-state index in [0.29, 0.717) is 56.3 Å². The summed E-state index contributed by atoms with van der Waals surface area (Å²) < 4.78 is 0. The summed E-state index contributed by atoms with van der Waals surface area (Å²) in [4.78, 5) is 43.3. The van der Waals surface area contributed by atoms with Crippen molar-refractivity contribution in [2.75, 3.05) is 31.5 Å². The smallest absolute Gasteiger partial charge is 0.321 e. The molecule has 0 radical (unpaired) electrons. The number of urea groups is 1. The zero-order valence-corrected chi connectivity index (χ0v) is 19.8. The number of aryl methyl sites for hydroxylation is 2. The Morgan fingerprint density at radius 1 is 0.970 bits per heavy atom. The SMILES string of the molecule is Cc1ccc(CN2CCN(C3CCN(C(=O)Nc4cc(Cl)ccc4C)CC3)C(=O)C2=O)cc1. The van der Waals surface area contributed by atoms with Crippen LogP contribution >= 0.6 is 11.6 Å². The Morgan fingerprint density at radius 2 is 1.67 bits per heavy atom. The molecule has 0 aliphatic carbocycles. The van der Waals surface area contributed by atoms with Gasteiger partial charge in [-0.1, -0.05) is 47.5 Å². The van der Waals surface area contributed by atoms with E-state index >= 15 is 0 Å². The van der Waals surface area contributed by atoms with Crippen molar-refractivity contribution in [3.63, 3.8) is 0 Å². The fourth-order valence-corrected chi connectivity index (χ4v) is 4.58. The largest absolute Gasteiger partial charge is 0.330 e. The Balaban J connectivity index is 1.30. The van der Waals surface area contributed by atoms with Crippen LogP contribution in [0, 0.1) is 13.8 Å². The Labute approximate surface area is 199 Å². The average molecular weight is 469 g/mol. The summed E-state index contributed by atoms with van der Waals surface area (Å²) in [5, 5.41) is 3.49. The Bertz CT molecular complexity index is 1050. The van der Waals surface area contributed by atoms with Crippen molar-refractivity contribution >= 4 is 35.1 Å². The molecule has 2 heterocycles. The van der Waals surface area contributed by atoms with Crippen molar-refractivity contribution in [3.05, 3.63) is 64.2 Å². The third kappa shape index (κ3) is 5.30. The molecule has 0 saturated carbocycles. The summed E-state index contributed by atoms with van der Waals surface area (Å²) in [5.41, 5.74) is 3.81. The number of hydrogen-bond donors (Lipinski definition) is 1. The van der Waals surface area contributed by atoms with Gasteiger partial charge in [0.05, 0.1) is 0 Å². The Morgan fingerprint density at radius 3 is 2.36 bits per heavy atom. The maximum atomic E-state index is 12.8. The van der Waals surface area contributed by atoms with Gasteiger partial charge >= 0.3 is 17.8 Å². The zero-order chi connectivity index (χ0) is 23.5. The minimum absolute atomic E-state index is 0.0278. The van der Waals surface area contributed by atoms with Gasteiger partial charge in [-0.15, -0.1) is 0 Å². The average Bonchev–Trinajstić information content (AvgIpc) is 2.81. The summed E-state index contributed by atoms with van der Waals surface area (Å²) in [7, 11) is 0. The minimum Gasteiger partial charge on any atom is -0.330 e. The quantitative estimate of drug-likeness (QED) is 0.693. The van der Waals surface area contributed by atoms with Crippen molar-refractivity contribution in [2.24, 2.45) is 0 Å². The number of piperazine rings is 1. The molecule has 2 aromatic carbocycles. The van der Waals surface area contributed by atoms with E-state index in [0.717, 1.165) is 16.7 Å². The molecule has 33 heavy (non-hydrogen) atoms. The van der Waals surface area contributed by atoms with Crippen molar-refractivity contribution in [2.45, 2.75) is 39.3 Å². The van der Waals surface area contributed by atoms with E-state index in [2.05, 4.69) is 5.32 Å². The first-order chi connectivity index (χ1) is 15.8. The molecule has 0 unspecified atom stereocenters. The summed E-state index contributed by atoms with van der Waals surface area (Å²) in [5.74, 6) is -0.885. The highest BCUT2D eigenvalue weighted by molar-refractivity contribution is 6.35. The molecule has 4 rings (SSSR count). The van der Waals surface area contributed by atoms with Crippen molar-refractivity contribution in [1.82, 2.24) is 14.7 Å². The summed E-state index contributed by atoms with van der Waals surface area (Å²) in [6.07, 6.45) is 1.30. The van der Waals surface area contributed by atoms with E-state index < -0.39 is 11.8 Å². The lowest BCUT2D eigenvalue weighted by Crippen LogP contribution is -2.59. The first-order valence-corrected chi connectivity index (χ1v) is 11.7. The molecule has 0 bridgehead atoms. The molecule has 2 aromatic rings. The second-order valence-electron chi connectivity index (χ2n) is 8.82. The molecule has 2 aliphatic rings. The highest BCUT2D eigenvalue weighted by Gasteiger charge is 2.38. The fourth-order valence-electron chi connectivity index (χ4n) is 4.41. The summed E-state index contributed by atoms with van der Waals surface area (Å²) in [6.45, 7) is 6.48.